The monoisotopic (exact) mass is 257 g/mol. The maximum atomic E-state index is 11.8. The van der Waals surface area contributed by atoms with E-state index in [9.17, 15) is 9.59 Å². The molecule has 0 spiro atoms. The van der Waals surface area contributed by atoms with Crippen molar-refractivity contribution in [2.24, 2.45) is 11.8 Å². The van der Waals surface area contributed by atoms with Crippen molar-refractivity contribution in [3.05, 3.63) is 0 Å². The van der Waals surface area contributed by atoms with E-state index in [-0.39, 0.29) is 18.6 Å². The molecule has 1 heterocycles. The summed E-state index contributed by atoms with van der Waals surface area (Å²) in [4.78, 5) is 22.8. The number of carboxylic acids is 1. The van der Waals surface area contributed by atoms with Gasteiger partial charge in [-0.1, -0.05) is 13.8 Å². The summed E-state index contributed by atoms with van der Waals surface area (Å²) in [7, 11) is 0. The topological polar surface area (TPSA) is 75.6 Å². The highest BCUT2D eigenvalue weighted by atomic mass is 16.5. The summed E-state index contributed by atoms with van der Waals surface area (Å²) in [5, 5.41) is 11.7. The third-order valence-electron chi connectivity index (χ3n) is 3.15. The molecule has 0 aromatic carbocycles. The van der Waals surface area contributed by atoms with Crippen LogP contribution in [0.5, 0.6) is 0 Å². The molecule has 5 heteroatoms. The average molecular weight is 257 g/mol. The van der Waals surface area contributed by atoms with Gasteiger partial charge in [-0.05, 0) is 32.1 Å². The molecule has 1 saturated heterocycles. The van der Waals surface area contributed by atoms with Gasteiger partial charge in [0.1, 0.15) is 6.10 Å². The molecule has 3 atom stereocenters. The van der Waals surface area contributed by atoms with E-state index in [1.165, 1.54) is 0 Å². The van der Waals surface area contributed by atoms with E-state index < -0.39 is 18.0 Å². The van der Waals surface area contributed by atoms with Gasteiger partial charge in [0.2, 0.25) is 5.91 Å². The van der Waals surface area contributed by atoms with Crippen LogP contribution in [0, 0.1) is 11.8 Å². The highest BCUT2D eigenvalue weighted by Gasteiger charge is 2.29. The zero-order valence-corrected chi connectivity index (χ0v) is 11.3. The summed E-state index contributed by atoms with van der Waals surface area (Å²) in [6.07, 6.45) is 1.87. The van der Waals surface area contributed by atoms with Crippen LogP contribution in [0.15, 0.2) is 0 Å². The van der Waals surface area contributed by atoms with Crippen LogP contribution < -0.4 is 5.32 Å². The van der Waals surface area contributed by atoms with Crippen molar-refractivity contribution in [1.29, 1.82) is 0 Å². The molecule has 0 bridgehead atoms. The van der Waals surface area contributed by atoms with Crippen molar-refractivity contribution in [3.8, 4) is 0 Å². The molecule has 0 aliphatic carbocycles. The number of carboxylic acid groups (broad SMARTS) is 1. The standard InChI is InChI=1S/C13H23NO4/c1-8(2)6-10(13(16)17)7-14-12(15)11-5-4-9(3)18-11/h8-11H,4-7H2,1-3H3,(H,14,15)(H,16,17). The van der Waals surface area contributed by atoms with Crippen LogP contribution >= 0.6 is 0 Å². The minimum Gasteiger partial charge on any atom is -0.481 e. The fraction of sp³-hybridized carbons (Fsp3) is 0.846. The molecule has 18 heavy (non-hydrogen) atoms. The lowest BCUT2D eigenvalue weighted by molar-refractivity contribution is -0.142. The van der Waals surface area contributed by atoms with Gasteiger partial charge in [0.25, 0.3) is 0 Å². The number of hydrogen-bond donors (Lipinski definition) is 2. The molecule has 1 aliphatic heterocycles. The minimum atomic E-state index is -0.857. The molecule has 0 radical (unpaired) electrons. The molecule has 2 N–H and O–H groups in total. The van der Waals surface area contributed by atoms with Gasteiger partial charge in [0.15, 0.2) is 0 Å². The van der Waals surface area contributed by atoms with E-state index in [0.717, 1.165) is 12.8 Å². The van der Waals surface area contributed by atoms with Crippen LogP contribution in [0.2, 0.25) is 0 Å². The van der Waals surface area contributed by atoms with Gasteiger partial charge < -0.3 is 15.2 Å². The van der Waals surface area contributed by atoms with Crippen molar-refractivity contribution in [2.75, 3.05) is 6.54 Å². The zero-order valence-electron chi connectivity index (χ0n) is 11.3. The molecule has 3 unspecified atom stereocenters. The molecule has 104 valence electrons. The number of carbonyl (C=O) groups is 2. The maximum Gasteiger partial charge on any atom is 0.308 e. The number of hydrogen-bond acceptors (Lipinski definition) is 3. The lowest BCUT2D eigenvalue weighted by Gasteiger charge is -2.17. The zero-order chi connectivity index (χ0) is 13.7. The van der Waals surface area contributed by atoms with Gasteiger partial charge in [0.05, 0.1) is 12.0 Å². The highest BCUT2D eigenvalue weighted by molar-refractivity contribution is 5.81. The van der Waals surface area contributed by atoms with E-state index in [0.29, 0.717) is 12.3 Å². The van der Waals surface area contributed by atoms with Crippen LogP contribution in [-0.4, -0.2) is 35.7 Å². The quantitative estimate of drug-likeness (QED) is 0.754. The first-order valence-corrected chi connectivity index (χ1v) is 6.56. The largest absolute Gasteiger partial charge is 0.481 e. The van der Waals surface area contributed by atoms with Gasteiger partial charge in [-0.25, -0.2) is 0 Å². The predicted molar refractivity (Wildman–Crippen MR) is 67.2 cm³/mol. The summed E-state index contributed by atoms with van der Waals surface area (Å²) in [5.74, 6) is -1.27. The van der Waals surface area contributed by atoms with Crippen LogP contribution in [-0.2, 0) is 14.3 Å². The van der Waals surface area contributed by atoms with Crippen LogP contribution in [0.1, 0.15) is 40.0 Å². The Labute approximate surface area is 108 Å². The number of nitrogens with one attached hydrogen (secondary N) is 1. The van der Waals surface area contributed by atoms with Gasteiger partial charge >= 0.3 is 5.97 Å². The fourth-order valence-corrected chi connectivity index (χ4v) is 2.17. The number of rotatable bonds is 6. The van der Waals surface area contributed by atoms with Gasteiger partial charge in [-0.15, -0.1) is 0 Å². The van der Waals surface area contributed by atoms with Crippen LogP contribution in [0.3, 0.4) is 0 Å². The summed E-state index contributed by atoms with van der Waals surface area (Å²) in [5.41, 5.74) is 0. The van der Waals surface area contributed by atoms with Crippen molar-refractivity contribution in [2.45, 2.75) is 52.2 Å². The lowest BCUT2D eigenvalue weighted by atomic mass is 9.97. The van der Waals surface area contributed by atoms with Crippen LogP contribution in [0.4, 0.5) is 0 Å². The number of aliphatic carboxylic acids is 1. The molecule has 1 aliphatic rings. The molecule has 1 amide bonds. The minimum absolute atomic E-state index is 0.117. The SMILES string of the molecule is CC(C)CC(CNC(=O)C1CCC(C)O1)C(=O)O. The lowest BCUT2D eigenvalue weighted by Crippen LogP contribution is -2.39. The molecule has 0 saturated carbocycles. The second kappa shape index (κ2) is 6.73. The second-order valence-corrected chi connectivity index (χ2v) is 5.42. The highest BCUT2D eigenvalue weighted by Crippen LogP contribution is 2.19. The Morgan fingerprint density at radius 1 is 1.39 bits per heavy atom. The molecular formula is C13H23NO4. The third-order valence-corrected chi connectivity index (χ3v) is 3.15. The first kappa shape index (κ1) is 15.0. The summed E-state index contributed by atoms with van der Waals surface area (Å²) in [6.45, 7) is 6.06. The molecular weight excluding hydrogens is 234 g/mol. The average Bonchev–Trinajstić information content (AvgIpc) is 2.69. The normalized spacial score (nSPS) is 25.1. The Morgan fingerprint density at radius 3 is 2.50 bits per heavy atom. The molecule has 0 aromatic rings. The van der Waals surface area contributed by atoms with E-state index in [4.69, 9.17) is 9.84 Å². The van der Waals surface area contributed by atoms with Crippen molar-refractivity contribution < 1.29 is 19.4 Å². The van der Waals surface area contributed by atoms with E-state index in [1.54, 1.807) is 0 Å². The first-order valence-electron chi connectivity index (χ1n) is 6.56. The summed E-state index contributed by atoms with van der Waals surface area (Å²) >= 11 is 0. The van der Waals surface area contributed by atoms with Crippen molar-refractivity contribution in [1.82, 2.24) is 5.32 Å². The van der Waals surface area contributed by atoms with E-state index in [1.807, 2.05) is 20.8 Å². The van der Waals surface area contributed by atoms with Crippen molar-refractivity contribution in [3.63, 3.8) is 0 Å². The van der Waals surface area contributed by atoms with Gasteiger partial charge in [-0.3, -0.25) is 9.59 Å². The van der Waals surface area contributed by atoms with Crippen molar-refractivity contribution >= 4 is 11.9 Å². The maximum absolute atomic E-state index is 11.8. The molecule has 1 fully saturated rings. The summed E-state index contributed by atoms with van der Waals surface area (Å²) < 4.78 is 5.44. The fourth-order valence-electron chi connectivity index (χ4n) is 2.17. The molecule has 5 nitrogen and oxygen atoms in total. The predicted octanol–water partition coefficient (Wildman–Crippen LogP) is 1.42. The van der Waals surface area contributed by atoms with Gasteiger partial charge in [-0.2, -0.15) is 0 Å². The number of ether oxygens (including phenoxy) is 1. The first-order chi connectivity index (χ1) is 8.40. The van der Waals surface area contributed by atoms with Crippen LogP contribution in [0.25, 0.3) is 0 Å². The summed E-state index contributed by atoms with van der Waals surface area (Å²) in [6, 6.07) is 0. The second-order valence-electron chi connectivity index (χ2n) is 5.42. The van der Waals surface area contributed by atoms with E-state index >= 15 is 0 Å². The Hall–Kier alpha value is -1.10. The van der Waals surface area contributed by atoms with Gasteiger partial charge in [0, 0.05) is 6.54 Å². The number of amides is 1. The number of carbonyl (C=O) groups excluding carboxylic acids is 1. The molecule has 0 aromatic heterocycles. The van der Waals surface area contributed by atoms with E-state index in [2.05, 4.69) is 5.32 Å². The molecule has 1 rings (SSSR count). The Morgan fingerprint density at radius 2 is 2.06 bits per heavy atom. The Balaban J connectivity index is 2.37. The Kier molecular flexibility index (Phi) is 5.59. The smallest absolute Gasteiger partial charge is 0.308 e. The third kappa shape index (κ3) is 4.64. The Bertz CT molecular complexity index is 303.